The zero-order chi connectivity index (χ0) is 11.7. The second-order valence-electron chi connectivity index (χ2n) is 3.46. The van der Waals surface area contributed by atoms with Crippen LogP contribution in [-0.4, -0.2) is 16.2 Å². The third-order valence-electron chi connectivity index (χ3n) is 2.42. The lowest BCUT2D eigenvalue weighted by Crippen LogP contribution is -1.99. The fraction of sp³-hybridized carbons (Fsp3) is 0.0833. The number of benzene rings is 2. The van der Waals surface area contributed by atoms with E-state index in [1.165, 1.54) is 30.3 Å². The SMILES string of the molecule is O=C(O)c1cc(CO)c2ccc(F)cc2c1. The molecule has 2 aromatic carbocycles. The van der Waals surface area contributed by atoms with Crippen molar-refractivity contribution in [3.63, 3.8) is 0 Å². The van der Waals surface area contributed by atoms with Crippen LogP contribution in [0.25, 0.3) is 10.8 Å². The Morgan fingerprint density at radius 1 is 1.25 bits per heavy atom. The maximum absolute atomic E-state index is 13.0. The molecule has 0 saturated carbocycles. The molecular formula is C12H9FO3. The van der Waals surface area contributed by atoms with E-state index in [-0.39, 0.29) is 12.2 Å². The lowest BCUT2D eigenvalue weighted by molar-refractivity contribution is 0.0697. The highest BCUT2D eigenvalue weighted by atomic mass is 19.1. The Hall–Kier alpha value is -1.94. The summed E-state index contributed by atoms with van der Waals surface area (Å²) in [4.78, 5) is 10.8. The van der Waals surface area contributed by atoms with Gasteiger partial charge in [0.15, 0.2) is 0 Å². The third kappa shape index (κ3) is 1.75. The Balaban J connectivity index is 2.78. The van der Waals surface area contributed by atoms with Gasteiger partial charge in [0.2, 0.25) is 0 Å². The van der Waals surface area contributed by atoms with Crippen molar-refractivity contribution in [1.82, 2.24) is 0 Å². The Labute approximate surface area is 90.8 Å². The van der Waals surface area contributed by atoms with E-state index in [1.54, 1.807) is 0 Å². The smallest absolute Gasteiger partial charge is 0.335 e. The Morgan fingerprint density at radius 2 is 2.00 bits per heavy atom. The fourth-order valence-corrected chi connectivity index (χ4v) is 1.67. The molecule has 0 radical (unpaired) electrons. The van der Waals surface area contributed by atoms with Crippen LogP contribution in [-0.2, 0) is 6.61 Å². The van der Waals surface area contributed by atoms with Gasteiger partial charge in [0.05, 0.1) is 12.2 Å². The van der Waals surface area contributed by atoms with Crippen LogP contribution in [0.15, 0.2) is 30.3 Å². The first-order valence-electron chi connectivity index (χ1n) is 4.68. The van der Waals surface area contributed by atoms with Gasteiger partial charge in [0, 0.05) is 0 Å². The highest BCUT2D eigenvalue weighted by molar-refractivity contribution is 5.96. The first kappa shape index (κ1) is 10.6. The Bertz CT molecular complexity index is 563. The summed E-state index contributed by atoms with van der Waals surface area (Å²) in [5, 5.41) is 19.1. The Morgan fingerprint density at radius 3 is 2.62 bits per heavy atom. The van der Waals surface area contributed by atoms with E-state index in [9.17, 15) is 9.18 Å². The number of halogens is 1. The summed E-state index contributed by atoms with van der Waals surface area (Å²) in [7, 11) is 0. The van der Waals surface area contributed by atoms with Crippen molar-refractivity contribution in [2.75, 3.05) is 0 Å². The zero-order valence-electron chi connectivity index (χ0n) is 8.27. The molecule has 0 aromatic heterocycles. The number of hydrogen-bond acceptors (Lipinski definition) is 2. The summed E-state index contributed by atoms with van der Waals surface area (Å²) in [6, 6.07) is 6.84. The number of aromatic carboxylic acids is 1. The maximum Gasteiger partial charge on any atom is 0.335 e. The van der Waals surface area contributed by atoms with Gasteiger partial charge in [-0.05, 0) is 40.6 Å². The average Bonchev–Trinajstić information content (AvgIpc) is 2.26. The molecule has 4 heteroatoms. The van der Waals surface area contributed by atoms with E-state index >= 15 is 0 Å². The number of fused-ring (bicyclic) bond motifs is 1. The normalized spacial score (nSPS) is 10.6. The standard InChI is InChI=1S/C12H9FO3/c13-10-1-2-11-7(5-10)3-8(12(15)16)4-9(11)6-14/h1-5,14H,6H2,(H,15,16). The molecule has 0 saturated heterocycles. The minimum Gasteiger partial charge on any atom is -0.478 e. The molecule has 0 aliphatic carbocycles. The molecule has 0 amide bonds. The minimum atomic E-state index is -1.10. The number of carbonyl (C=O) groups is 1. The molecule has 16 heavy (non-hydrogen) atoms. The molecule has 0 aliphatic rings. The van der Waals surface area contributed by atoms with Gasteiger partial charge >= 0.3 is 5.97 Å². The molecule has 2 aromatic rings. The number of rotatable bonds is 2. The van der Waals surface area contributed by atoms with E-state index in [0.717, 1.165) is 0 Å². The van der Waals surface area contributed by atoms with Crippen LogP contribution in [0.2, 0.25) is 0 Å². The van der Waals surface area contributed by atoms with E-state index in [4.69, 9.17) is 10.2 Å². The second kappa shape index (κ2) is 3.90. The predicted octanol–water partition coefficient (Wildman–Crippen LogP) is 2.17. The van der Waals surface area contributed by atoms with Gasteiger partial charge in [-0.15, -0.1) is 0 Å². The number of aliphatic hydroxyl groups excluding tert-OH is 1. The summed E-state index contributed by atoms with van der Waals surface area (Å²) in [6.45, 7) is -0.275. The van der Waals surface area contributed by atoms with E-state index in [2.05, 4.69) is 0 Å². The molecule has 0 bridgehead atoms. The molecule has 0 atom stereocenters. The molecule has 2 rings (SSSR count). The van der Waals surface area contributed by atoms with E-state index < -0.39 is 11.8 Å². The minimum absolute atomic E-state index is 0.0437. The molecule has 3 nitrogen and oxygen atoms in total. The van der Waals surface area contributed by atoms with Crippen molar-refractivity contribution >= 4 is 16.7 Å². The van der Waals surface area contributed by atoms with Gasteiger partial charge in [-0.25, -0.2) is 9.18 Å². The molecule has 0 fully saturated rings. The molecule has 0 heterocycles. The molecule has 0 aliphatic heterocycles. The fourth-order valence-electron chi connectivity index (χ4n) is 1.67. The van der Waals surface area contributed by atoms with Crippen LogP contribution in [0.1, 0.15) is 15.9 Å². The van der Waals surface area contributed by atoms with Crippen LogP contribution in [0, 0.1) is 5.82 Å². The molecular weight excluding hydrogens is 211 g/mol. The Kier molecular flexibility index (Phi) is 2.58. The predicted molar refractivity (Wildman–Crippen MR) is 56.8 cm³/mol. The largest absolute Gasteiger partial charge is 0.478 e. The first-order valence-corrected chi connectivity index (χ1v) is 4.68. The van der Waals surface area contributed by atoms with Crippen molar-refractivity contribution in [2.24, 2.45) is 0 Å². The topological polar surface area (TPSA) is 57.5 Å². The van der Waals surface area contributed by atoms with Gasteiger partial charge in [0.1, 0.15) is 5.82 Å². The van der Waals surface area contributed by atoms with Gasteiger partial charge in [-0.2, -0.15) is 0 Å². The number of carboxylic acids is 1. The summed E-state index contributed by atoms with van der Waals surface area (Å²) >= 11 is 0. The monoisotopic (exact) mass is 220 g/mol. The highest BCUT2D eigenvalue weighted by Gasteiger charge is 2.08. The van der Waals surface area contributed by atoms with Crippen molar-refractivity contribution in [3.05, 3.63) is 47.3 Å². The van der Waals surface area contributed by atoms with Crippen LogP contribution < -0.4 is 0 Å². The zero-order valence-corrected chi connectivity index (χ0v) is 8.27. The molecule has 82 valence electrons. The third-order valence-corrected chi connectivity index (χ3v) is 2.42. The average molecular weight is 220 g/mol. The summed E-state index contributed by atoms with van der Waals surface area (Å²) in [5.74, 6) is -1.53. The van der Waals surface area contributed by atoms with Crippen LogP contribution in [0.5, 0.6) is 0 Å². The lowest BCUT2D eigenvalue weighted by Gasteiger charge is -2.06. The maximum atomic E-state index is 13.0. The van der Waals surface area contributed by atoms with Gasteiger partial charge < -0.3 is 10.2 Å². The van der Waals surface area contributed by atoms with E-state index in [1.807, 2.05) is 0 Å². The lowest BCUT2D eigenvalue weighted by atomic mass is 10.0. The molecule has 0 spiro atoms. The summed E-state index contributed by atoms with van der Waals surface area (Å²) < 4.78 is 13.0. The van der Waals surface area contributed by atoms with Crippen molar-refractivity contribution in [3.8, 4) is 0 Å². The molecule has 2 N–H and O–H groups in total. The molecule has 0 unspecified atom stereocenters. The van der Waals surface area contributed by atoms with E-state index in [0.29, 0.717) is 16.3 Å². The highest BCUT2D eigenvalue weighted by Crippen LogP contribution is 2.22. The second-order valence-corrected chi connectivity index (χ2v) is 3.46. The first-order chi connectivity index (χ1) is 7.61. The number of carboxylic acid groups (broad SMARTS) is 1. The summed E-state index contributed by atoms with van der Waals surface area (Å²) in [5.41, 5.74) is 0.525. The van der Waals surface area contributed by atoms with Crippen LogP contribution in [0.3, 0.4) is 0 Å². The quantitative estimate of drug-likeness (QED) is 0.815. The number of hydrogen-bond donors (Lipinski definition) is 2. The van der Waals surface area contributed by atoms with Gasteiger partial charge in [0.25, 0.3) is 0 Å². The van der Waals surface area contributed by atoms with Crippen molar-refractivity contribution in [1.29, 1.82) is 0 Å². The van der Waals surface area contributed by atoms with Crippen LogP contribution >= 0.6 is 0 Å². The van der Waals surface area contributed by atoms with Crippen molar-refractivity contribution in [2.45, 2.75) is 6.61 Å². The summed E-state index contributed by atoms with van der Waals surface area (Å²) in [6.07, 6.45) is 0. The van der Waals surface area contributed by atoms with Crippen LogP contribution in [0.4, 0.5) is 4.39 Å². The van der Waals surface area contributed by atoms with Gasteiger partial charge in [-0.3, -0.25) is 0 Å². The van der Waals surface area contributed by atoms with Crippen molar-refractivity contribution < 1.29 is 19.4 Å². The van der Waals surface area contributed by atoms with Gasteiger partial charge in [-0.1, -0.05) is 6.07 Å². The number of aliphatic hydroxyl groups is 1.